The molecule has 0 bridgehead atoms. The van der Waals surface area contributed by atoms with Crippen molar-refractivity contribution in [3.8, 4) is 11.5 Å². The number of nitrogen functional groups attached to an aromatic ring is 1. The largest absolute Gasteiger partial charge is 0.495 e. The highest BCUT2D eigenvalue weighted by atomic mass is 35.5. The summed E-state index contributed by atoms with van der Waals surface area (Å²) in [6, 6.07) is 6.55. The molecular weight excluding hydrogens is 335 g/mol. The van der Waals surface area contributed by atoms with Gasteiger partial charge in [0.15, 0.2) is 0 Å². The summed E-state index contributed by atoms with van der Waals surface area (Å²) in [5.74, 6) is 1.05. The average molecular weight is 348 g/mol. The van der Waals surface area contributed by atoms with Gasteiger partial charge in [-0.3, -0.25) is 0 Å². The number of anilines is 3. The summed E-state index contributed by atoms with van der Waals surface area (Å²) < 4.78 is 10.5. The second kappa shape index (κ2) is 6.52. The van der Waals surface area contributed by atoms with Gasteiger partial charge in [0, 0.05) is 11.8 Å². The van der Waals surface area contributed by atoms with Crippen molar-refractivity contribution in [1.82, 2.24) is 0 Å². The van der Waals surface area contributed by atoms with Crippen LogP contribution in [0.5, 0.6) is 11.5 Å². The molecule has 7 heteroatoms. The highest BCUT2D eigenvalue weighted by molar-refractivity contribution is 6.39. The Morgan fingerprint density at radius 3 is 1.95 bits per heavy atom. The summed E-state index contributed by atoms with van der Waals surface area (Å²) in [6.45, 7) is 0. The van der Waals surface area contributed by atoms with Gasteiger partial charge in [-0.1, -0.05) is 34.8 Å². The molecule has 3 N–H and O–H groups in total. The molecule has 0 aliphatic carbocycles. The molecule has 2 aromatic carbocycles. The number of ether oxygens (including phenoxy) is 2. The fourth-order valence-corrected chi connectivity index (χ4v) is 2.64. The lowest BCUT2D eigenvalue weighted by Gasteiger charge is -2.16. The van der Waals surface area contributed by atoms with E-state index in [4.69, 9.17) is 50.0 Å². The van der Waals surface area contributed by atoms with Crippen molar-refractivity contribution in [3.05, 3.63) is 39.3 Å². The van der Waals surface area contributed by atoms with E-state index in [1.165, 1.54) is 7.11 Å². The van der Waals surface area contributed by atoms with E-state index in [0.29, 0.717) is 43.6 Å². The number of halogens is 3. The van der Waals surface area contributed by atoms with Crippen LogP contribution in [0.3, 0.4) is 0 Å². The predicted molar refractivity (Wildman–Crippen MR) is 88.7 cm³/mol. The van der Waals surface area contributed by atoms with Crippen LogP contribution < -0.4 is 20.5 Å². The Balaban J connectivity index is 2.47. The van der Waals surface area contributed by atoms with E-state index in [0.717, 1.165) is 0 Å². The third-order valence-electron chi connectivity index (χ3n) is 2.80. The predicted octanol–water partition coefficient (Wildman–Crippen LogP) is 4.99. The first-order chi connectivity index (χ1) is 9.96. The molecule has 0 aliphatic rings. The molecule has 2 rings (SSSR count). The summed E-state index contributed by atoms with van der Waals surface area (Å²) in [5, 5.41) is 4.32. The van der Waals surface area contributed by atoms with Crippen molar-refractivity contribution in [2.45, 2.75) is 0 Å². The second-order valence-electron chi connectivity index (χ2n) is 4.17. The van der Waals surface area contributed by atoms with E-state index in [-0.39, 0.29) is 0 Å². The molecule has 21 heavy (non-hydrogen) atoms. The van der Waals surface area contributed by atoms with Crippen molar-refractivity contribution < 1.29 is 9.47 Å². The minimum atomic E-state index is 0.397. The van der Waals surface area contributed by atoms with Gasteiger partial charge >= 0.3 is 0 Å². The summed E-state index contributed by atoms with van der Waals surface area (Å²) in [6.07, 6.45) is 0. The monoisotopic (exact) mass is 346 g/mol. The van der Waals surface area contributed by atoms with E-state index in [9.17, 15) is 0 Å². The minimum absolute atomic E-state index is 0.397. The zero-order chi connectivity index (χ0) is 15.6. The Morgan fingerprint density at radius 1 is 0.857 bits per heavy atom. The number of methoxy groups -OCH3 is 2. The molecule has 0 atom stereocenters. The van der Waals surface area contributed by atoms with Crippen molar-refractivity contribution in [2.75, 3.05) is 25.3 Å². The molecule has 0 fully saturated rings. The molecule has 2 aromatic rings. The lowest BCUT2D eigenvalue weighted by molar-refractivity contribution is 0.396. The van der Waals surface area contributed by atoms with Crippen LogP contribution in [-0.4, -0.2) is 14.2 Å². The first-order valence-corrected chi connectivity index (χ1v) is 7.02. The zero-order valence-electron chi connectivity index (χ0n) is 11.3. The number of rotatable bonds is 4. The van der Waals surface area contributed by atoms with Gasteiger partial charge in [0.25, 0.3) is 0 Å². The molecule has 0 spiro atoms. The molecule has 0 amide bonds. The van der Waals surface area contributed by atoms with E-state index >= 15 is 0 Å². The van der Waals surface area contributed by atoms with Gasteiger partial charge in [-0.2, -0.15) is 0 Å². The summed E-state index contributed by atoms with van der Waals surface area (Å²) >= 11 is 18.4. The summed E-state index contributed by atoms with van der Waals surface area (Å²) in [5.41, 5.74) is 7.29. The molecule has 0 heterocycles. The van der Waals surface area contributed by atoms with Crippen LogP contribution in [0.2, 0.25) is 15.1 Å². The zero-order valence-corrected chi connectivity index (χ0v) is 13.6. The maximum atomic E-state index is 6.15. The summed E-state index contributed by atoms with van der Waals surface area (Å²) in [4.78, 5) is 0. The number of hydrogen-bond donors (Lipinski definition) is 2. The van der Waals surface area contributed by atoms with Crippen LogP contribution in [0.25, 0.3) is 0 Å². The lowest BCUT2D eigenvalue weighted by Crippen LogP contribution is -1.98. The average Bonchev–Trinajstić information content (AvgIpc) is 2.43. The van der Waals surface area contributed by atoms with Gasteiger partial charge in [-0.15, -0.1) is 0 Å². The van der Waals surface area contributed by atoms with Crippen molar-refractivity contribution in [2.24, 2.45) is 0 Å². The number of hydrogen-bond acceptors (Lipinski definition) is 4. The van der Waals surface area contributed by atoms with Gasteiger partial charge in [-0.25, -0.2) is 0 Å². The minimum Gasteiger partial charge on any atom is -0.495 e. The van der Waals surface area contributed by atoms with Crippen LogP contribution in [0, 0.1) is 0 Å². The van der Waals surface area contributed by atoms with Crippen LogP contribution in [0.15, 0.2) is 24.3 Å². The van der Waals surface area contributed by atoms with E-state index < -0.39 is 0 Å². The molecule has 0 aromatic heterocycles. The topological polar surface area (TPSA) is 56.5 Å². The van der Waals surface area contributed by atoms with Crippen molar-refractivity contribution in [1.29, 1.82) is 0 Å². The Kier molecular flexibility index (Phi) is 4.93. The fraction of sp³-hybridized carbons (Fsp3) is 0.143. The molecule has 0 radical (unpaired) electrons. The number of nitrogens with two attached hydrogens (primary N) is 1. The van der Waals surface area contributed by atoms with Crippen molar-refractivity contribution in [3.63, 3.8) is 0 Å². The SMILES string of the molecule is COc1cc(OC)c(Nc2c(Cl)cc(N)cc2Cl)cc1Cl. The molecular formula is C14H13Cl3N2O2. The molecule has 0 saturated carbocycles. The van der Waals surface area contributed by atoms with E-state index in [1.54, 1.807) is 31.4 Å². The lowest BCUT2D eigenvalue weighted by atomic mass is 10.2. The molecule has 4 nitrogen and oxygen atoms in total. The highest BCUT2D eigenvalue weighted by Gasteiger charge is 2.13. The third kappa shape index (κ3) is 3.40. The molecule has 0 aliphatic heterocycles. The quantitative estimate of drug-likeness (QED) is 0.765. The highest BCUT2D eigenvalue weighted by Crippen LogP contribution is 2.41. The Morgan fingerprint density at radius 2 is 1.43 bits per heavy atom. The van der Waals surface area contributed by atoms with E-state index in [1.807, 2.05) is 0 Å². The van der Waals surface area contributed by atoms with Crippen molar-refractivity contribution >= 4 is 51.9 Å². The molecule has 112 valence electrons. The van der Waals surface area contributed by atoms with Crippen LogP contribution in [-0.2, 0) is 0 Å². The Labute approximate surface area is 137 Å². The Bertz CT molecular complexity index is 655. The summed E-state index contributed by atoms with van der Waals surface area (Å²) in [7, 11) is 3.07. The van der Waals surface area contributed by atoms with E-state index in [2.05, 4.69) is 5.32 Å². The number of benzene rings is 2. The molecule has 0 saturated heterocycles. The van der Waals surface area contributed by atoms with Crippen LogP contribution in [0.1, 0.15) is 0 Å². The van der Waals surface area contributed by atoms with Gasteiger partial charge in [-0.05, 0) is 18.2 Å². The van der Waals surface area contributed by atoms with Gasteiger partial charge < -0.3 is 20.5 Å². The fourth-order valence-electron chi connectivity index (χ4n) is 1.80. The smallest absolute Gasteiger partial charge is 0.146 e. The van der Waals surface area contributed by atoms with Crippen LogP contribution >= 0.6 is 34.8 Å². The first kappa shape index (κ1) is 15.9. The molecule has 0 unspecified atom stereocenters. The van der Waals surface area contributed by atoms with Gasteiger partial charge in [0.2, 0.25) is 0 Å². The maximum absolute atomic E-state index is 6.15. The standard InChI is InChI=1S/C14H13Cl3N2O2/c1-20-12-6-13(21-2)11(5-8(12)15)19-14-9(16)3-7(18)4-10(14)17/h3-6,19H,18H2,1-2H3. The maximum Gasteiger partial charge on any atom is 0.146 e. The third-order valence-corrected chi connectivity index (χ3v) is 3.69. The Hall–Kier alpha value is -1.49. The number of nitrogens with one attached hydrogen (secondary N) is 1. The first-order valence-electron chi connectivity index (χ1n) is 5.89. The van der Waals surface area contributed by atoms with Gasteiger partial charge in [0.1, 0.15) is 11.5 Å². The normalized spacial score (nSPS) is 10.3. The van der Waals surface area contributed by atoms with Crippen LogP contribution in [0.4, 0.5) is 17.1 Å². The second-order valence-corrected chi connectivity index (χ2v) is 5.39. The van der Waals surface area contributed by atoms with Gasteiger partial charge in [0.05, 0.1) is 40.7 Å².